The smallest absolute Gasteiger partial charge is 0.0638 e. The molecule has 1 aromatic heterocycles. The van der Waals surface area contributed by atoms with Gasteiger partial charge in [-0.15, -0.1) is 0 Å². The van der Waals surface area contributed by atoms with E-state index < -0.39 is 0 Å². The lowest BCUT2D eigenvalue weighted by Crippen LogP contribution is -2.37. The van der Waals surface area contributed by atoms with Gasteiger partial charge in [-0.1, -0.05) is 24.3 Å². The van der Waals surface area contributed by atoms with Crippen molar-refractivity contribution < 1.29 is 5.11 Å². The van der Waals surface area contributed by atoms with Gasteiger partial charge in [0.2, 0.25) is 0 Å². The van der Waals surface area contributed by atoms with E-state index in [0.717, 1.165) is 57.8 Å². The summed E-state index contributed by atoms with van der Waals surface area (Å²) in [5, 5.41) is 17.8. The van der Waals surface area contributed by atoms with Crippen LogP contribution in [-0.4, -0.2) is 45.5 Å². The molecule has 1 saturated heterocycles. The Labute approximate surface area is 150 Å². The lowest BCUT2D eigenvalue weighted by molar-refractivity contribution is 0.0805. The van der Waals surface area contributed by atoms with E-state index >= 15 is 0 Å². The summed E-state index contributed by atoms with van der Waals surface area (Å²) in [5.41, 5.74) is 5.04. The molecule has 0 spiro atoms. The van der Waals surface area contributed by atoms with E-state index in [2.05, 4.69) is 64.3 Å². The van der Waals surface area contributed by atoms with Crippen LogP contribution in [0.5, 0.6) is 0 Å². The Kier molecular flexibility index (Phi) is 6.24. The molecule has 5 nitrogen and oxygen atoms in total. The number of nitrogens with zero attached hydrogens (tertiary/aromatic N) is 3. The fourth-order valence-electron chi connectivity index (χ4n) is 3.37. The zero-order chi connectivity index (χ0) is 17.6. The van der Waals surface area contributed by atoms with Crippen LogP contribution in [-0.2, 0) is 19.6 Å². The molecular formula is C20H30N4O. The fourth-order valence-corrected chi connectivity index (χ4v) is 3.37. The summed E-state index contributed by atoms with van der Waals surface area (Å²) in [7, 11) is 0. The van der Waals surface area contributed by atoms with Crippen LogP contribution in [0, 0.1) is 13.8 Å². The Bertz CT molecular complexity index is 674. The molecular weight excluding hydrogens is 312 g/mol. The van der Waals surface area contributed by atoms with Crippen LogP contribution in [0.4, 0.5) is 0 Å². The SMILES string of the molecule is Cc1ccccc1CNCc1cn(CCN2CCC(O)CC2)nc1C. The molecule has 2 heterocycles. The van der Waals surface area contributed by atoms with Gasteiger partial charge in [0.15, 0.2) is 0 Å². The molecule has 2 N–H and O–H groups in total. The maximum absolute atomic E-state index is 9.58. The normalized spacial score (nSPS) is 16.4. The highest BCUT2D eigenvalue weighted by molar-refractivity contribution is 5.25. The molecule has 1 aliphatic heterocycles. The standard InChI is InChI=1S/C20H30N4O/c1-16-5-3-4-6-18(16)13-21-14-19-15-24(22-17(19)2)12-11-23-9-7-20(25)8-10-23/h3-6,15,20-21,25H,7-14H2,1-2H3. The molecule has 2 aromatic rings. The van der Waals surface area contributed by atoms with Crippen LogP contribution in [0.3, 0.4) is 0 Å². The summed E-state index contributed by atoms with van der Waals surface area (Å²) in [4.78, 5) is 2.42. The van der Waals surface area contributed by atoms with Gasteiger partial charge in [-0.3, -0.25) is 4.68 Å². The van der Waals surface area contributed by atoms with Gasteiger partial charge in [0.1, 0.15) is 0 Å². The minimum Gasteiger partial charge on any atom is -0.393 e. The third-order valence-corrected chi connectivity index (χ3v) is 5.14. The van der Waals surface area contributed by atoms with Crippen molar-refractivity contribution in [3.05, 3.63) is 52.8 Å². The summed E-state index contributed by atoms with van der Waals surface area (Å²) < 4.78 is 2.06. The van der Waals surface area contributed by atoms with Crippen LogP contribution in [0.15, 0.2) is 30.5 Å². The highest BCUT2D eigenvalue weighted by atomic mass is 16.3. The Morgan fingerprint density at radius 1 is 1.08 bits per heavy atom. The first-order valence-corrected chi connectivity index (χ1v) is 9.30. The van der Waals surface area contributed by atoms with E-state index in [1.165, 1.54) is 16.7 Å². The largest absolute Gasteiger partial charge is 0.393 e. The van der Waals surface area contributed by atoms with Crippen molar-refractivity contribution in [1.82, 2.24) is 20.0 Å². The monoisotopic (exact) mass is 342 g/mol. The molecule has 1 aliphatic rings. The molecule has 1 fully saturated rings. The molecule has 0 unspecified atom stereocenters. The van der Waals surface area contributed by atoms with Crippen molar-refractivity contribution in [3.8, 4) is 0 Å². The average Bonchev–Trinajstić information content (AvgIpc) is 2.96. The second-order valence-electron chi connectivity index (χ2n) is 7.11. The lowest BCUT2D eigenvalue weighted by atomic mass is 10.1. The molecule has 136 valence electrons. The fraction of sp³-hybridized carbons (Fsp3) is 0.550. The van der Waals surface area contributed by atoms with Crippen molar-refractivity contribution >= 4 is 0 Å². The zero-order valence-corrected chi connectivity index (χ0v) is 15.4. The first kappa shape index (κ1) is 18.1. The molecule has 0 atom stereocenters. The Balaban J connectivity index is 1.46. The van der Waals surface area contributed by atoms with Crippen molar-refractivity contribution in [2.75, 3.05) is 19.6 Å². The van der Waals surface area contributed by atoms with Gasteiger partial charge in [-0.25, -0.2) is 0 Å². The molecule has 3 rings (SSSR count). The minimum atomic E-state index is -0.103. The number of benzene rings is 1. The van der Waals surface area contributed by atoms with Gasteiger partial charge in [-0.05, 0) is 37.8 Å². The highest BCUT2D eigenvalue weighted by Crippen LogP contribution is 2.11. The third kappa shape index (κ3) is 5.14. The molecule has 0 aliphatic carbocycles. The number of rotatable bonds is 7. The van der Waals surface area contributed by atoms with Gasteiger partial charge < -0.3 is 15.3 Å². The van der Waals surface area contributed by atoms with Gasteiger partial charge in [-0.2, -0.15) is 5.10 Å². The highest BCUT2D eigenvalue weighted by Gasteiger charge is 2.16. The second-order valence-corrected chi connectivity index (χ2v) is 7.11. The van der Waals surface area contributed by atoms with Crippen LogP contribution in [0.2, 0.25) is 0 Å². The quantitative estimate of drug-likeness (QED) is 0.810. The molecule has 0 saturated carbocycles. The van der Waals surface area contributed by atoms with Gasteiger partial charge in [0, 0.05) is 44.5 Å². The van der Waals surface area contributed by atoms with Crippen LogP contribution >= 0.6 is 0 Å². The van der Waals surface area contributed by atoms with E-state index in [-0.39, 0.29) is 6.10 Å². The second kappa shape index (κ2) is 8.61. The van der Waals surface area contributed by atoms with Crippen molar-refractivity contribution in [2.24, 2.45) is 0 Å². The molecule has 0 bridgehead atoms. The van der Waals surface area contributed by atoms with E-state index in [0.29, 0.717) is 0 Å². The first-order valence-electron chi connectivity index (χ1n) is 9.30. The van der Waals surface area contributed by atoms with Crippen molar-refractivity contribution in [3.63, 3.8) is 0 Å². The molecule has 0 amide bonds. The number of aromatic nitrogens is 2. The van der Waals surface area contributed by atoms with Crippen molar-refractivity contribution in [1.29, 1.82) is 0 Å². The number of piperidine rings is 1. The predicted molar refractivity (Wildman–Crippen MR) is 100 cm³/mol. The number of hydrogen-bond donors (Lipinski definition) is 2. The van der Waals surface area contributed by atoms with Crippen molar-refractivity contribution in [2.45, 2.75) is 52.4 Å². The van der Waals surface area contributed by atoms with E-state index in [9.17, 15) is 5.11 Å². The van der Waals surface area contributed by atoms with Crippen LogP contribution in [0.25, 0.3) is 0 Å². The first-order chi connectivity index (χ1) is 12.1. The molecule has 0 radical (unpaired) electrons. The maximum atomic E-state index is 9.58. The Hall–Kier alpha value is -1.69. The van der Waals surface area contributed by atoms with Gasteiger partial charge in [0.25, 0.3) is 0 Å². The van der Waals surface area contributed by atoms with Gasteiger partial charge in [0.05, 0.1) is 18.3 Å². The topological polar surface area (TPSA) is 53.3 Å². The number of aryl methyl sites for hydroxylation is 2. The number of nitrogens with one attached hydrogen (secondary N) is 1. The summed E-state index contributed by atoms with van der Waals surface area (Å²) in [6.45, 7) is 9.86. The van der Waals surface area contributed by atoms with E-state index in [1.54, 1.807) is 0 Å². The van der Waals surface area contributed by atoms with E-state index in [4.69, 9.17) is 0 Å². The summed E-state index contributed by atoms with van der Waals surface area (Å²) in [5.74, 6) is 0. The van der Waals surface area contributed by atoms with Gasteiger partial charge >= 0.3 is 0 Å². The zero-order valence-electron chi connectivity index (χ0n) is 15.4. The van der Waals surface area contributed by atoms with Crippen LogP contribution < -0.4 is 5.32 Å². The number of aliphatic hydroxyl groups is 1. The summed E-state index contributed by atoms with van der Waals surface area (Å²) in [6.07, 6.45) is 3.85. The summed E-state index contributed by atoms with van der Waals surface area (Å²) in [6, 6.07) is 8.50. The average molecular weight is 342 g/mol. The summed E-state index contributed by atoms with van der Waals surface area (Å²) >= 11 is 0. The number of likely N-dealkylation sites (tertiary alicyclic amines) is 1. The molecule has 25 heavy (non-hydrogen) atoms. The minimum absolute atomic E-state index is 0.103. The van der Waals surface area contributed by atoms with Crippen LogP contribution in [0.1, 0.15) is 35.2 Å². The Morgan fingerprint density at radius 2 is 1.80 bits per heavy atom. The molecule has 5 heteroatoms. The predicted octanol–water partition coefficient (Wildman–Crippen LogP) is 2.25. The Morgan fingerprint density at radius 3 is 2.56 bits per heavy atom. The lowest BCUT2D eigenvalue weighted by Gasteiger charge is -2.29. The number of aliphatic hydroxyl groups excluding tert-OH is 1. The van der Waals surface area contributed by atoms with E-state index in [1.807, 2.05) is 0 Å². The third-order valence-electron chi connectivity index (χ3n) is 5.14. The number of hydrogen-bond acceptors (Lipinski definition) is 4. The maximum Gasteiger partial charge on any atom is 0.0638 e. The molecule has 1 aromatic carbocycles.